The molecule has 2 aromatic rings. The summed E-state index contributed by atoms with van der Waals surface area (Å²) in [4.78, 5) is 12.6. The zero-order chi connectivity index (χ0) is 20.0. The molecule has 0 bridgehead atoms. The highest BCUT2D eigenvalue weighted by atomic mass is 32.2. The maximum atomic E-state index is 13.3. The molecule has 7 heteroatoms. The Kier molecular flexibility index (Phi) is 6.85. The number of rotatable bonds is 8. The first-order valence-corrected chi connectivity index (χ1v) is 10.3. The first-order valence-electron chi connectivity index (χ1n) is 8.81. The summed E-state index contributed by atoms with van der Waals surface area (Å²) in [7, 11) is -2.48. The second-order valence-corrected chi connectivity index (χ2v) is 8.24. The van der Waals surface area contributed by atoms with Crippen molar-refractivity contribution < 1.29 is 17.9 Å². The van der Waals surface area contributed by atoms with Crippen molar-refractivity contribution in [1.29, 1.82) is 0 Å². The summed E-state index contributed by atoms with van der Waals surface area (Å²) < 4.78 is 33.0. The van der Waals surface area contributed by atoms with Crippen LogP contribution in [0.1, 0.15) is 25.8 Å². The number of anilines is 1. The van der Waals surface area contributed by atoms with Gasteiger partial charge in [-0.3, -0.25) is 9.10 Å². The van der Waals surface area contributed by atoms with Crippen LogP contribution < -0.4 is 14.4 Å². The summed E-state index contributed by atoms with van der Waals surface area (Å²) in [5.74, 6) is 0.00969. The fourth-order valence-electron chi connectivity index (χ4n) is 2.53. The molecular formula is C20H26N2O4S. The zero-order valence-electron chi connectivity index (χ0n) is 16.1. The van der Waals surface area contributed by atoms with E-state index in [0.717, 1.165) is 16.3 Å². The van der Waals surface area contributed by atoms with Gasteiger partial charge in [0.15, 0.2) is 0 Å². The van der Waals surface area contributed by atoms with Gasteiger partial charge in [-0.25, -0.2) is 8.42 Å². The number of sulfonamides is 1. The minimum absolute atomic E-state index is 0.0425. The molecule has 0 saturated heterocycles. The number of para-hydroxylation sites is 2. The molecule has 0 aliphatic carbocycles. The molecule has 0 aliphatic heterocycles. The molecule has 0 saturated carbocycles. The largest absolute Gasteiger partial charge is 0.495 e. The van der Waals surface area contributed by atoms with Gasteiger partial charge in [0.1, 0.15) is 12.3 Å². The van der Waals surface area contributed by atoms with Crippen molar-refractivity contribution in [3.63, 3.8) is 0 Å². The Morgan fingerprint density at radius 2 is 1.78 bits per heavy atom. The lowest BCUT2D eigenvalue weighted by Gasteiger charge is -2.26. The number of nitrogens with zero attached hydrogens (tertiary/aromatic N) is 1. The van der Waals surface area contributed by atoms with Crippen molar-refractivity contribution in [3.8, 4) is 5.75 Å². The normalized spacial score (nSPS) is 12.3. The number of carbonyl (C=O) groups excluding carboxylic acids is 1. The summed E-state index contributed by atoms with van der Waals surface area (Å²) in [6, 6.07) is 13.2. The van der Waals surface area contributed by atoms with E-state index in [1.165, 1.54) is 7.11 Å². The van der Waals surface area contributed by atoms with Gasteiger partial charge in [-0.2, -0.15) is 0 Å². The molecule has 1 atom stereocenters. The summed E-state index contributed by atoms with van der Waals surface area (Å²) in [5.41, 5.74) is 1.27. The van der Waals surface area contributed by atoms with E-state index < -0.39 is 10.0 Å². The van der Waals surface area contributed by atoms with Crippen LogP contribution in [0.25, 0.3) is 0 Å². The Labute approximate surface area is 161 Å². The topological polar surface area (TPSA) is 75.7 Å². The van der Waals surface area contributed by atoms with Crippen molar-refractivity contribution in [2.24, 2.45) is 0 Å². The van der Waals surface area contributed by atoms with Gasteiger partial charge in [-0.1, -0.05) is 36.8 Å². The summed E-state index contributed by atoms with van der Waals surface area (Å²) in [5, 5.41) is 2.81. The van der Waals surface area contributed by atoms with Crippen LogP contribution in [0.4, 0.5) is 5.69 Å². The molecule has 0 spiro atoms. The molecule has 1 N–H and O–H groups in total. The lowest BCUT2D eigenvalue weighted by atomic mass is 10.2. The van der Waals surface area contributed by atoms with Gasteiger partial charge >= 0.3 is 0 Å². The third-order valence-corrected chi connectivity index (χ3v) is 6.04. The van der Waals surface area contributed by atoms with Gasteiger partial charge in [-0.05, 0) is 44.5 Å². The monoisotopic (exact) mass is 390 g/mol. The van der Waals surface area contributed by atoms with Crippen LogP contribution in [0.2, 0.25) is 0 Å². The maximum Gasteiger partial charge on any atom is 0.264 e. The van der Waals surface area contributed by atoms with Gasteiger partial charge in [0.2, 0.25) is 5.91 Å². The van der Waals surface area contributed by atoms with Crippen molar-refractivity contribution in [2.75, 3.05) is 18.0 Å². The number of carbonyl (C=O) groups is 1. The van der Waals surface area contributed by atoms with Gasteiger partial charge in [0.25, 0.3) is 10.0 Å². The number of benzene rings is 2. The van der Waals surface area contributed by atoms with Crippen molar-refractivity contribution in [3.05, 3.63) is 54.1 Å². The minimum atomic E-state index is -3.95. The van der Waals surface area contributed by atoms with Crippen LogP contribution in [0, 0.1) is 6.92 Å². The van der Waals surface area contributed by atoms with Crippen molar-refractivity contribution in [1.82, 2.24) is 5.32 Å². The van der Waals surface area contributed by atoms with Crippen LogP contribution in [0.5, 0.6) is 5.75 Å². The summed E-state index contributed by atoms with van der Waals surface area (Å²) in [6.07, 6.45) is 0.755. The van der Waals surface area contributed by atoms with E-state index in [2.05, 4.69) is 5.32 Å². The Morgan fingerprint density at radius 3 is 2.37 bits per heavy atom. The number of hydrogen-bond acceptors (Lipinski definition) is 4. The highest BCUT2D eigenvalue weighted by Gasteiger charge is 2.29. The second kappa shape index (κ2) is 8.90. The van der Waals surface area contributed by atoms with E-state index in [1.807, 2.05) is 20.8 Å². The first kappa shape index (κ1) is 20.8. The zero-order valence-corrected chi connectivity index (χ0v) is 16.9. The smallest absolute Gasteiger partial charge is 0.264 e. The van der Waals surface area contributed by atoms with Crippen LogP contribution >= 0.6 is 0 Å². The molecule has 0 radical (unpaired) electrons. The number of nitrogens with one attached hydrogen (secondary N) is 1. The molecule has 0 heterocycles. The number of aryl methyl sites for hydroxylation is 1. The number of hydrogen-bond donors (Lipinski definition) is 1. The van der Waals surface area contributed by atoms with Crippen LogP contribution in [-0.2, 0) is 14.8 Å². The molecule has 2 rings (SSSR count). The standard InChI is InChI=1S/C20H26N2O4S/c1-5-16(3)21-20(23)14-22(18-8-6-7-9-19(18)26-4)27(24,25)17-12-10-15(2)11-13-17/h6-13,16H,5,14H2,1-4H3,(H,21,23). The predicted octanol–water partition coefficient (Wildman–Crippen LogP) is 3.11. The van der Waals surface area contributed by atoms with Gasteiger partial charge < -0.3 is 10.1 Å². The van der Waals surface area contributed by atoms with E-state index in [1.54, 1.807) is 48.5 Å². The number of amides is 1. The molecule has 0 aliphatic rings. The van der Waals surface area contributed by atoms with E-state index in [4.69, 9.17) is 4.74 Å². The van der Waals surface area contributed by atoms with E-state index in [0.29, 0.717) is 11.4 Å². The lowest BCUT2D eigenvalue weighted by molar-refractivity contribution is -0.120. The van der Waals surface area contributed by atoms with Crippen LogP contribution in [-0.4, -0.2) is 34.0 Å². The highest BCUT2D eigenvalue weighted by Crippen LogP contribution is 2.32. The quantitative estimate of drug-likeness (QED) is 0.751. The predicted molar refractivity (Wildman–Crippen MR) is 107 cm³/mol. The molecule has 1 unspecified atom stereocenters. The molecule has 146 valence electrons. The number of ether oxygens (including phenoxy) is 1. The van der Waals surface area contributed by atoms with E-state index >= 15 is 0 Å². The first-order chi connectivity index (χ1) is 12.8. The Hall–Kier alpha value is -2.54. The molecule has 1 amide bonds. The molecule has 0 aromatic heterocycles. The summed E-state index contributed by atoms with van der Waals surface area (Å²) >= 11 is 0. The second-order valence-electron chi connectivity index (χ2n) is 6.37. The van der Waals surface area contributed by atoms with E-state index in [-0.39, 0.29) is 23.4 Å². The van der Waals surface area contributed by atoms with E-state index in [9.17, 15) is 13.2 Å². The fraction of sp³-hybridized carbons (Fsp3) is 0.350. The van der Waals surface area contributed by atoms with Crippen LogP contribution in [0.15, 0.2) is 53.4 Å². The molecule has 27 heavy (non-hydrogen) atoms. The van der Waals surface area contributed by atoms with Crippen LogP contribution in [0.3, 0.4) is 0 Å². The lowest BCUT2D eigenvalue weighted by Crippen LogP contribution is -2.43. The fourth-order valence-corrected chi connectivity index (χ4v) is 3.96. The maximum absolute atomic E-state index is 13.3. The Morgan fingerprint density at radius 1 is 1.15 bits per heavy atom. The average Bonchev–Trinajstić information content (AvgIpc) is 2.66. The Balaban J connectivity index is 2.49. The molecule has 6 nitrogen and oxygen atoms in total. The highest BCUT2D eigenvalue weighted by molar-refractivity contribution is 7.92. The molecule has 0 fully saturated rings. The third kappa shape index (κ3) is 5.01. The minimum Gasteiger partial charge on any atom is -0.495 e. The third-order valence-electron chi connectivity index (χ3n) is 4.27. The number of methoxy groups -OCH3 is 1. The SMILES string of the molecule is CCC(C)NC(=O)CN(c1ccccc1OC)S(=O)(=O)c1ccc(C)cc1. The summed E-state index contributed by atoms with van der Waals surface area (Å²) in [6.45, 7) is 5.38. The van der Waals surface area contributed by atoms with Crippen molar-refractivity contribution in [2.45, 2.75) is 38.1 Å². The molecular weight excluding hydrogens is 364 g/mol. The van der Waals surface area contributed by atoms with Gasteiger partial charge in [-0.15, -0.1) is 0 Å². The van der Waals surface area contributed by atoms with Crippen molar-refractivity contribution >= 4 is 21.6 Å². The average molecular weight is 391 g/mol. The van der Waals surface area contributed by atoms with Gasteiger partial charge in [0, 0.05) is 6.04 Å². The van der Waals surface area contributed by atoms with Gasteiger partial charge in [0.05, 0.1) is 17.7 Å². The Bertz CT molecular complexity index is 879. The molecule has 2 aromatic carbocycles.